The molecule has 4 rings (SSSR count). The molecule has 132 valence electrons. The van der Waals surface area contributed by atoms with Gasteiger partial charge in [-0.05, 0) is 24.3 Å². The maximum atomic E-state index is 13.2. The molecule has 3 aromatic carbocycles. The lowest BCUT2D eigenvalue weighted by molar-refractivity contribution is 0.103. The van der Waals surface area contributed by atoms with E-state index in [1.54, 1.807) is 30.1 Å². The number of nitrogens with zero attached hydrogens (tertiary/aromatic N) is 2. The normalized spacial score (nSPS) is 10.6. The SMILES string of the molecule is COc1cccc(C(=O)c2cn(-c3ccccc3)nc2-c2ccccc2)c1. The molecule has 0 saturated carbocycles. The molecule has 0 spiro atoms. The zero-order valence-electron chi connectivity index (χ0n) is 14.9. The van der Waals surface area contributed by atoms with Gasteiger partial charge < -0.3 is 4.74 Å². The summed E-state index contributed by atoms with van der Waals surface area (Å²) in [6, 6.07) is 26.7. The number of carbonyl (C=O) groups excluding carboxylic acids is 1. The number of ketones is 1. The van der Waals surface area contributed by atoms with Crippen LogP contribution >= 0.6 is 0 Å². The van der Waals surface area contributed by atoms with Gasteiger partial charge in [-0.25, -0.2) is 4.68 Å². The van der Waals surface area contributed by atoms with Gasteiger partial charge in [-0.15, -0.1) is 0 Å². The van der Waals surface area contributed by atoms with Gasteiger partial charge in [0.2, 0.25) is 0 Å². The Bertz CT molecular complexity index is 1070. The molecule has 4 heteroatoms. The molecular weight excluding hydrogens is 336 g/mol. The molecule has 1 heterocycles. The van der Waals surface area contributed by atoms with Crippen LogP contribution in [0.2, 0.25) is 0 Å². The van der Waals surface area contributed by atoms with E-state index in [2.05, 4.69) is 0 Å². The third-order valence-corrected chi connectivity index (χ3v) is 4.36. The van der Waals surface area contributed by atoms with Crippen molar-refractivity contribution in [1.82, 2.24) is 9.78 Å². The van der Waals surface area contributed by atoms with Gasteiger partial charge in [0.25, 0.3) is 0 Å². The summed E-state index contributed by atoms with van der Waals surface area (Å²) in [5, 5.41) is 4.70. The van der Waals surface area contributed by atoms with Crippen molar-refractivity contribution in [2.24, 2.45) is 0 Å². The summed E-state index contributed by atoms with van der Waals surface area (Å²) in [6.45, 7) is 0. The summed E-state index contributed by atoms with van der Waals surface area (Å²) in [5.74, 6) is 0.562. The first-order chi connectivity index (χ1) is 13.3. The van der Waals surface area contributed by atoms with Gasteiger partial charge >= 0.3 is 0 Å². The van der Waals surface area contributed by atoms with E-state index in [4.69, 9.17) is 9.84 Å². The molecule has 0 aliphatic rings. The van der Waals surface area contributed by atoms with Crippen LogP contribution in [0.25, 0.3) is 16.9 Å². The summed E-state index contributed by atoms with van der Waals surface area (Å²) < 4.78 is 7.00. The number of ether oxygens (including phenoxy) is 1. The third-order valence-electron chi connectivity index (χ3n) is 4.36. The van der Waals surface area contributed by atoms with Gasteiger partial charge in [-0.3, -0.25) is 4.79 Å². The molecular formula is C23H18N2O2. The van der Waals surface area contributed by atoms with Gasteiger partial charge in [-0.2, -0.15) is 5.10 Å². The molecule has 27 heavy (non-hydrogen) atoms. The van der Waals surface area contributed by atoms with Crippen molar-refractivity contribution < 1.29 is 9.53 Å². The van der Waals surface area contributed by atoms with Crippen LogP contribution < -0.4 is 4.74 Å². The summed E-state index contributed by atoms with van der Waals surface area (Å²) in [7, 11) is 1.59. The summed E-state index contributed by atoms with van der Waals surface area (Å²) in [5.41, 5.74) is 3.59. The highest BCUT2D eigenvalue weighted by atomic mass is 16.5. The minimum Gasteiger partial charge on any atom is -0.497 e. The first-order valence-electron chi connectivity index (χ1n) is 8.65. The van der Waals surface area contributed by atoms with E-state index in [1.165, 1.54) is 0 Å². The molecule has 0 aliphatic heterocycles. The Kier molecular flexibility index (Phi) is 4.54. The number of methoxy groups -OCH3 is 1. The van der Waals surface area contributed by atoms with Crippen LogP contribution in [0, 0.1) is 0 Å². The molecule has 0 bridgehead atoms. The first kappa shape index (κ1) is 16.8. The number of rotatable bonds is 5. The molecule has 0 unspecified atom stereocenters. The fraction of sp³-hybridized carbons (Fsp3) is 0.0435. The monoisotopic (exact) mass is 354 g/mol. The van der Waals surface area contributed by atoms with Crippen LogP contribution in [-0.2, 0) is 0 Å². The van der Waals surface area contributed by atoms with Crippen LogP contribution in [0.4, 0.5) is 0 Å². The second-order valence-electron chi connectivity index (χ2n) is 6.10. The highest BCUT2D eigenvalue weighted by molar-refractivity contribution is 6.12. The average molecular weight is 354 g/mol. The minimum absolute atomic E-state index is 0.0880. The molecule has 0 aliphatic carbocycles. The number of carbonyl (C=O) groups is 1. The number of benzene rings is 3. The van der Waals surface area contributed by atoms with Gasteiger partial charge in [-0.1, -0.05) is 60.7 Å². The Morgan fingerprint density at radius 1 is 0.889 bits per heavy atom. The van der Waals surface area contributed by atoms with Crippen molar-refractivity contribution in [1.29, 1.82) is 0 Å². The summed E-state index contributed by atoms with van der Waals surface area (Å²) in [4.78, 5) is 13.2. The fourth-order valence-corrected chi connectivity index (χ4v) is 2.98. The quantitative estimate of drug-likeness (QED) is 0.485. The first-order valence-corrected chi connectivity index (χ1v) is 8.65. The number of hydrogen-bond acceptors (Lipinski definition) is 3. The van der Waals surface area contributed by atoms with Crippen molar-refractivity contribution in [3.63, 3.8) is 0 Å². The molecule has 0 N–H and O–H groups in total. The largest absolute Gasteiger partial charge is 0.497 e. The van der Waals surface area contributed by atoms with Crippen molar-refractivity contribution in [3.05, 3.63) is 102 Å². The highest BCUT2D eigenvalue weighted by Gasteiger charge is 2.20. The van der Waals surface area contributed by atoms with Gasteiger partial charge in [0, 0.05) is 17.3 Å². The maximum absolute atomic E-state index is 13.2. The Morgan fingerprint density at radius 2 is 1.59 bits per heavy atom. The second kappa shape index (κ2) is 7.30. The number of para-hydroxylation sites is 1. The highest BCUT2D eigenvalue weighted by Crippen LogP contribution is 2.26. The van der Waals surface area contributed by atoms with Gasteiger partial charge in [0.15, 0.2) is 5.78 Å². The average Bonchev–Trinajstić information content (AvgIpc) is 3.20. The summed E-state index contributed by atoms with van der Waals surface area (Å²) in [6.07, 6.45) is 1.79. The van der Waals surface area contributed by atoms with E-state index in [9.17, 15) is 4.79 Å². The van der Waals surface area contributed by atoms with Crippen LogP contribution in [0.3, 0.4) is 0 Å². The predicted octanol–water partition coefficient (Wildman–Crippen LogP) is 4.78. The van der Waals surface area contributed by atoms with E-state index in [1.807, 2.05) is 72.8 Å². The lowest BCUT2D eigenvalue weighted by atomic mass is 10.0. The number of hydrogen-bond donors (Lipinski definition) is 0. The van der Waals surface area contributed by atoms with Crippen LogP contribution in [0.15, 0.2) is 91.1 Å². The van der Waals surface area contributed by atoms with E-state index >= 15 is 0 Å². The van der Waals surface area contributed by atoms with Gasteiger partial charge in [0.1, 0.15) is 11.4 Å². The second-order valence-corrected chi connectivity index (χ2v) is 6.10. The standard InChI is InChI=1S/C23H18N2O2/c1-27-20-14-8-11-18(15-20)23(26)21-16-25(19-12-6-3-7-13-19)24-22(21)17-9-4-2-5-10-17/h2-16H,1H3. The van der Waals surface area contributed by atoms with Crippen molar-refractivity contribution in [2.45, 2.75) is 0 Å². The van der Waals surface area contributed by atoms with Crippen molar-refractivity contribution in [3.8, 4) is 22.7 Å². The van der Waals surface area contributed by atoms with Crippen LogP contribution in [-0.4, -0.2) is 22.7 Å². The Labute approximate surface area is 157 Å². The lowest BCUT2D eigenvalue weighted by Crippen LogP contribution is -2.02. The lowest BCUT2D eigenvalue weighted by Gasteiger charge is -2.04. The third kappa shape index (κ3) is 3.37. The van der Waals surface area contributed by atoms with Crippen molar-refractivity contribution in [2.75, 3.05) is 7.11 Å². The van der Waals surface area contributed by atoms with Gasteiger partial charge in [0.05, 0.1) is 18.4 Å². The molecule has 1 aromatic heterocycles. The van der Waals surface area contributed by atoms with Crippen LogP contribution in [0.5, 0.6) is 5.75 Å². The zero-order valence-corrected chi connectivity index (χ0v) is 14.9. The number of aromatic nitrogens is 2. The smallest absolute Gasteiger partial charge is 0.196 e. The molecule has 0 fully saturated rings. The fourth-order valence-electron chi connectivity index (χ4n) is 2.98. The molecule has 0 saturated heterocycles. The van der Waals surface area contributed by atoms with Crippen molar-refractivity contribution >= 4 is 5.78 Å². The predicted molar refractivity (Wildman–Crippen MR) is 105 cm³/mol. The molecule has 4 aromatic rings. The summed E-state index contributed by atoms with van der Waals surface area (Å²) >= 11 is 0. The van der Waals surface area contributed by atoms with E-state index in [0.717, 1.165) is 11.3 Å². The zero-order chi connectivity index (χ0) is 18.6. The van der Waals surface area contributed by atoms with E-state index in [-0.39, 0.29) is 5.78 Å². The Morgan fingerprint density at radius 3 is 2.30 bits per heavy atom. The molecule has 0 amide bonds. The Balaban J connectivity index is 1.85. The molecule has 0 radical (unpaired) electrons. The maximum Gasteiger partial charge on any atom is 0.196 e. The topological polar surface area (TPSA) is 44.1 Å². The van der Waals surface area contributed by atoms with E-state index < -0.39 is 0 Å². The molecule has 0 atom stereocenters. The Hall–Kier alpha value is -3.66. The minimum atomic E-state index is -0.0880. The molecule has 4 nitrogen and oxygen atoms in total. The van der Waals surface area contributed by atoms with E-state index in [0.29, 0.717) is 22.6 Å². The van der Waals surface area contributed by atoms with Crippen LogP contribution in [0.1, 0.15) is 15.9 Å².